The van der Waals surface area contributed by atoms with Gasteiger partial charge in [-0.2, -0.15) is 0 Å². The van der Waals surface area contributed by atoms with Gasteiger partial charge in [-0.1, -0.05) is 24.3 Å². The molecule has 0 saturated heterocycles. The summed E-state index contributed by atoms with van der Waals surface area (Å²) in [5.74, 6) is -0.524. The monoisotopic (exact) mass is 321 g/mol. The van der Waals surface area contributed by atoms with E-state index in [-0.39, 0.29) is 18.2 Å². The molecule has 4 amide bonds. The molecule has 0 heterocycles. The maximum atomic E-state index is 11.7. The molecule has 0 radical (unpaired) electrons. The molecule has 0 bridgehead atoms. The lowest BCUT2D eigenvalue weighted by molar-refractivity contribution is -0.119. The lowest BCUT2D eigenvalue weighted by Gasteiger charge is -2.11. The van der Waals surface area contributed by atoms with Crippen LogP contribution in [-0.2, 0) is 9.59 Å². The van der Waals surface area contributed by atoms with Crippen molar-refractivity contribution in [3.63, 3.8) is 0 Å². The van der Waals surface area contributed by atoms with Crippen LogP contribution in [0.4, 0.5) is 10.5 Å². The fourth-order valence-electron chi connectivity index (χ4n) is 1.42. The van der Waals surface area contributed by atoms with Crippen LogP contribution < -0.4 is 16.0 Å². The first-order valence-corrected chi connectivity index (χ1v) is 7.74. The molecule has 22 heavy (non-hydrogen) atoms. The Balaban J connectivity index is 2.30. The molecule has 6 nitrogen and oxygen atoms in total. The van der Waals surface area contributed by atoms with Crippen molar-refractivity contribution in [2.45, 2.75) is 12.2 Å². The molecule has 1 rings (SSSR count). The molecular formula is C15H19N3O3S. The molecule has 0 aliphatic rings. The average molecular weight is 321 g/mol. The highest BCUT2D eigenvalue weighted by Crippen LogP contribution is 2.12. The fourth-order valence-corrected chi connectivity index (χ4v) is 2.10. The van der Waals surface area contributed by atoms with Gasteiger partial charge in [0.25, 0.3) is 0 Å². The first-order chi connectivity index (χ1) is 10.5. The van der Waals surface area contributed by atoms with Gasteiger partial charge in [-0.3, -0.25) is 14.9 Å². The number of nitrogens with one attached hydrogen (secondary N) is 3. The van der Waals surface area contributed by atoms with E-state index in [9.17, 15) is 14.4 Å². The second kappa shape index (κ2) is 9.62. The number of urea groups is 1. The lowest BCUT2D eigenvalue weighted by atomic mass is 10.3. The van der Waals surface area contributed by atoms with Gasteiger partial charge in [0.2, 0.25) is 11.8 Å². The van der Waals surface area contributed by atoms with E-state index in [2.05, 4.69) is 22.5 Å². The molecule has 1 aromatic carbocycles. The maximum Gasteiger partial charge on any atom is 0.321 e. The Labute approximate surface area is 133 Å². The van der Waals surface area contributed by atoms with E-state index < -0.39 is 17.2 Å². The van der Waals surface area contributed by atoms with Crippen molar-refractivity contribution in [3.05, 3.63) is 43.0 Å². The number of amides is 4. The Morgan fingerprint density at radius 1 is 1.27 bits per heavy atom. The minimum Gasteiger partial charge on any atom is -0.334 e. The number of thioether (sulfide) groups is 1. The van der Waals surface area contributed by atoms with Gasteiger partial charge in [0, 0.05) is 12.2 Å². The van der Waals surface area contributed by atoms with Crippen molar-refractivity contribution >= 4 is 35.3 Å². The summed E-state index contributed by atoms with van der Waals surface area (Å²) in [4.78, 5) is 34.8. The van der Waals surface area contributed by atoms with Gasteiger partial charge in [-0.25, -0.2) is 4.79 Å². The number of carbonyl (C=O) groups excluding carboxylic acids is 3. The van der Waals surface area contributed by atoms with Gasteiger partial charge in [0.1, 0.15) is 0 Å². The molecule has 0 saturated carbocycles. The van der Waals surface area contributed by atoms with Gasteiger partial charge < -0.3 is 10.6 Å². The second-order valence-corrected chi connectivity index (χ2v) is 5.68. The largest absolute Gasteiger partial charge is 0.334 e. The zero-order valence-corrected chi connectivity index (χ0v) is 13.1. The summed E-state index contributed by atoms with van der Waals surface area (Å²) in [5.41, 5.74) is 0.703. The van der Waals surface area contributed by atoms with Crippen LogP contribution >= 0.6 is 11.8 Å². The minimum absolute atomic E-state index is 0.123. The molecule has 0 spiro atoms. The highest BCUT2D eigenvalue weighted by atomic mass is 32.2. The molecule has 1 atom stereocenters. The van der Waals surface area contributed by atoms with Crippen molar-refractivity contribution in [3.8, 4) is 0 Å². The average Bonchev–Trinajstić information content (AvgIpc) is 2.51. The van der Waals surface area contributed by atoms with Crippen molar-refractivity contribution in [2.75, 3.05) is 17.6 Å². The van der Waals surface area contributed by atoms with Crippen molar-refractivity contribution in [1.82, 2.24) is 10.6 Å². The summed E-state index contributed by atoms with van der Waals surface area (Å²) >= 11 is 1.15. The Bertz CT molecular complexity index is 534. The van der Waals surface area contributed by atoms with Crippen LogP contribution in [0.5, 0.6) is 0 Å². The zero-order chi connectivity index (χ0) is 16.4. The van der Waals surface area contributed by atoms with E-state index in [1.54, 1.807) is 19.1 Å². The van der Waals surface area contributed by atoms with Crippen molar-refractivity contribution in [2.24, 2.45) is 0 Å². The number of para-hydroxylation sites is 1. The van der Waals surface area contributed by atoms with E-state index in [0.29, 0.717) is 5.69 Å². The Morgan fingerprint density at radius 2 is 1.95 bits per heavy atom. The number of anilines is 1. The number of hydrogen-bond donors (Lipinski definition) is 3. The second-order valence-electron chi connectivity index (χ2n) is 4.36. The van der Waals surface area contributed by atoms with E-state index in [4.69, 9.17) is 0 Å². The number of carbonyl (C=O) groups is 3. The molecule has 0 aliphatic heterocycles. The van der Waals surface area contributed by atoms with Crippen LogP contribution in [0, 0.1) is 0 Å². The molecule has 0 aliphatic carbocycles. The third-order valence-corrected chi connectivity index (χ3v) is 3.68. The topological polar surface area (TPSA) is 87.3 Å². The summed E-state index contributed by atoms with van der Waals surface area (Å²) in [7, 11) is 0. The van der Waals surface area contributed by atoms with Crippen LogP contribution in [0.1, 0.15) is 6.92 Å². The maximum absolute atomic E-state index is 11.7. The van der Waals surface area contributed by atoms with Gasteiger partial charge in [0.15, 0.2) is 0 Å². The number of benzene rings is 1. The molecule has 7 heteroatoms. The predicted octanol–water partition coefficient (Wildman–Crippen LogP) is 1.76. The van der Waals surface area contributed by atoms with Gasteiger partial charge in [0.05, 0.1) is 11.0 Å². The predicted molar refractivity (Wildman–Crippen MR) is 88.7 cm³/mol. The first-order valence-electron chi connectivity index (χ1n) is 6.69. The Morgan fingerprint density at radius 3 is 2.59 bits per heavy atom. The third-order valence-electron chi connectivity index (χ3n) is 2.53. The van der Waals surface area contributed by atoms with E-state index >= 15 is 0 Å². The molecular weight excluding hydrogens is 302 g/mol. The van der Waals surface area contributed by atoms with Crippen molar-refractivity contribution < 1.29 is 14.4 Å². The lowest BCUT2D eigenvalue weighted by Crippen LogP contribution is -2.43. The molecule has 0 aromatic heterocycles. The van der Waals surface area contributed by atoms with Gasteiger partial charge in [-0.05, 0) is 19.1 Å². The summed E-state index contributed by atoms with van der Waals surface area (Å²) in [5, 5.41) is 6.84. The molecule has 1 aromatic rings. The minimum atomic E-state index is -0.578. The molecule has 0 unspecified atom stereocenters. The highest BCUT2D eigenvalue weighted by Gasteiger charge is 2.17. The summed E-state index contributed by atoms with van der Waals surface area (Å²) < 4.78 is 0. The quantitative estimate of drug-likeness (QED) is 0.668. The number of rotatable bonds is 7. The number of hydrogen-bond acceptors (Lipinski definition) is 4. The van der Waals surface area contributed by atoms with E-state index in [1.807, 2.05) is 18.2 Å². The van der Waals surface area contributed by atoms with E-state index in [1.165, 1.54) is 6.08 Å². The van der Waals surface area contributed by atoms with Crippen LogP contribution in [0.15, 0.2) is 43.0 Å². The Kier molecular flexibility index (Phi) is 7.77. The summed E-state index contributed by atoms with van der Waals surface area (Å²) in [6.45, 7) is 5.37. The highest BCUT2D eigenvalue weighted by molar-refractivity contribution is 8.01. The molecule has 118 valence electrons. The summed E-state index contributed by atoms with van der Waals surface area (Å²) in [6.07, 6.45) is 1.51. The van der Waals surface area contributed by atoms with Crippen LogP contribution in [-0.4, -0.2) is 35.4 Å². The molecule has 0 fully saturated rings. The number of imide groups is 1. The fraction of sp³-hybridized carbons (Fsp3) is 0.267. The van der Waals surface area contributed by atoms with Gasteiger partial charge in [-0.15, -0.1) is 18.3 Å². The zero-order valence-electron chi connectivity index (χ0n) is 12.3. The first kappa shape index (κ1) is 17.8. The normalized spacial score (nSPS) is 11.1. The van der Waals surface area contributed by atoms with Crippen molar-refractivity contribution in [1.29, 1.82) is 0 Å². The SMILES string of the molecule is C=CCNC(=O)NC(=O)[C@H](C)SCC(=O)Nc1ccccc1. The van der Waals surface area contributed by atoms with Gasteiger partial charge >= 0.3 is 6.03 Å². The third kappa shape index (κ3) is 6.94. The van der Waals surface area contributed by atoms with E-state index in [0.717, 1.165) is 11.8 Å². The standard InChI is InChI=1S/C15H19N3O3S/c1-3-9-16-15(21)18-14(20)11(2)22-10-13(19)17-12-7-5-4-6-8-12/h3-8,11H,1,9-10H2,2H3,(H,17,19)(H2,16,18,20,21)/t11-/m0/s1. The smallest absolute Gasteiger partial charge is 0.321 e. The molecule has 3 N–H and O–H groups in total. The van der Waals surface area contributed by atoms with Crippen LogP contribution in [0.3, 0.4) is 0 Å². The summed E-state index contributed by atoms with van der Waals surface area (Å²) in [6, 6.07) is 8.48. The Hall–Kier alpha value is -2.28. The van der Waals surface area contributed by atoms with Crippen LogP contribution in [0.2, 0.25) is 0 Å². The van der Waals surface area contributed by atoms with Crippen LogP contribution in [0.25, 0.3) is 0 Å².